The van der Waals surface area contributed by atoms with Crippen molar-refractivity contribution in [3.8, 4) is 11.5 Å². The van der Waals surface area contributed by atoms with Crippen LogP contribution in [0.25, 0.3) is 11.0 Å². The first kappa shape index (κ1) is 18.1. The molecular formula is C23H18ClNO3. The number of nitrogens with one attached hydrogen (secondary N) is 1. The maximum atomic E-state index is 12.7. The van der Waals surface area contributed by atoms with Crippen LogP contribution in [0.1, 0.15) is 11.1 Å². The van der Waals surface area contributed by atoms with E-state index in [0.29, 0.717) is 22.2 Å². The summed E-state index contributed by atoms with van der Waals surface area (Å²) >= 11 is 6.12. The van der Waals surface area contributed by atoms with Crippen LogP contribution in [0.2, 0.25) is 5.02 Å². The van der Waals surface area contributed by atoms with Gasteiger partial charge in [0.05, 0.1) is 18.4 Å². The molecule has 4 rings (SSSR count). The van der Waals surface area contributed by atoms with Crippen LogP contribution in [0.15, 0.2) is 77.4 Å². The van der Waals surface area contributed by atoms with Gasteiger partial charge in [-0.1, -0.05) is 41.9 Å². The molecule has 0 unspecified atom stereocenters. The number of anilines is 1. The molecular weight excluding hydrogens is 374 g/mol. The zero-order valence-electron chi connectivity index (χ0n) is 15.2. The van der Waals surface area contributed by atoms with Crippen molar-refractivity contribution in [1.29, 1.82) is 0 Å². The Kier molecular flexibility index (Phi) is 5.04. The van der Waals surface area contributed by atoms with Gasteiger partial charge in [-0.2, -0.15) is 0 Å². The Labute approximate surface area is 167 Å². The molecule has 0 aliphatic heterocycles. The highest BCUT2D eigenvalue weighted by Crippen LogP contribution is 2.32. The molecule has 0 spiro atoms. The highest BCUT2D eigenvalue weighted by atomic mass is 35.5. The van der Waals surface area contributed by atoms with Gasteiger partial charge >= 0.3 is 0 Å². The number of carbonyl (C=O) groups excluding carboxylic acids is 1. The van der Waals surface area contributed by atoms with E-state index < -0.39 is 0 Å². The number of aryl methyl sites for hydroxylation is 1. The van der Waals surface area contributed by atoms with Gasteiger partial charge in [0.15, 0.2) is 5.75 Å². The van der Waals surface area contributed by atoms with Gasteiger partial charge in [-0.25, -0.2) is 0 Å². The number of ether oxygens (including phenoxy) is 1. The number of furan rings is 1. The van der Waals surface area contributed by atoms with Gasteiger partial charge in [0, 0.05) is 16.0 Å². The van der Waals surface area contributed by atoms with Gasteiger partial charge in [0.2, 0.25) is 5.91 Å². The van der Waals surface area contributed by atoms with Crippen LogP contribution in [0, 0.1) is 6.92 Å². The van der Waals surface area contributed by atoms with Gasteiger partial charge in [-0.3, -0.25) is 4.79 Å². The van der Waals surface area contributed by atoms with Crippen molar-refractivity contribution in [2.45, 2.75) is 13.3 Å². The van der Waals surface area contributed by atoms with E-state index >= 15 is 0 Å². The maximum Gasteiger partial charge on any atom is 0.229 e. The number of fused-ring (bicyclic) bond motifs is 1. The molecule has 3 aromatic carbocycles. The molecule has 0 bridgehead atoms. The molecule has 1 N–H and O–H groups in total. The fraction of sp³-hybridized carbons (Fsp3) is 0.0870. The van der Waals surface area contributed by atoms with Gasteiger partial charge in [0.1, 0.15) is 11.3 Å². The van der Waals surface area contributed by atoms with Gasteiger partial charge in [-0.15, -0.1) is 0 Å². The van der Waals surface area contributed by atoms with E-state index in [-0.39, 0.29) is 12.3 Å². The molecule has 0 saturated carbocycles. The highest BCUT2D eigenvalue weighted by molar-refractivity contribution is 6.31. The van der Waals surface area contributed by atoms with E-state index in [1.54, 1.807) is 24.5 Å². The van der Waals surface area contributed by atoms with E-state index in [0.717, 1.165) is 22.1 Å². The first-order valence-corrected chi connectivity index (χ1v) is 9.25. The topological polar surface area (TPSA) is 51.5 Å². The molecule has 0 aliphatic carbocycles. The predicted molar refractivity (Wildman–Crippen MR) is 111 cm³/mol. The first-order chi connectivity index (χ1) is 13.6. The fourth-order valence-corrected chi connectivity index (χ4v) is 3.17. The van der Waals surface area contributed by atoms with Gasteiger partial charge in [0.25, 0.3) is 0 Å². The summed E-state index contributed by atoms with van der Waals surface area (Å²) < 4.78 is 11.5. The van der Waals surface area contributed by atoms with E-state index in [4.69, 9.17) is 20.8 Å². The minimum atomic E-state index is -0.177. The average molecular weight is 392 g/mol. The number of benzene rings is 3. The fourth-order valence-electron chi connectivity index (χ4n) is 3.00. The Balaban J connectivity index is 1.54. The second kappa shape index (κ2) is 7.79. The van der Waals surface area contributed by atoms with Gasteiger partial charge < -0.3 is 14.5 Å². The molecule has 0 aliphatic rings. The zero-order valence-corrected chi connectivity index (χ0v) is 16.0. The van der Waals surface area contributed by atoms with Crippen molar-refractivity contribution < 1.29 is 13.9 Å². The van der Waals surface area contributed by atoms with Crippen molar-refractivity contribution in [3.05, 3.63) is 89.1 Å². The van der Waals surface area contributed by atoms with E-state index in [9.17, 15) is 4.79 Å². The van der Waals surface area contributed by atoms with Gasteiger partial charge in [-0.05, 0) is 48.9 Å². The second-order valence-corrected chi connectivity index (χ2v) is 6.98. The summed E-state index contributed by atoms with van der Waals surface area (Å²) in [5.74, 6) is 1.02. The Bertz CT molecular complexity index is 1140. The third kappa shape index (κ3) is 4.02. The molecule has 4 aromatic rings. The normalized spacial score (nSPS) is 10.8. The minimum absolute atomic E-state index is 0.177. The number of rotatable bonds is 5. The summed E-state index contributed by atoms with van der Waals surface area (Å²) in [7, 11) is 0. The van der Waals surface area contributed by atoms with Crippen LogP contribution in [-0.4, -0.2) is 5.91 Å². The Morgan fingerprint density at radius 3 is 2.71 bits per heavy atom. The largest absolute Gasteiger partial charge is 0.464 e. The molecule has 1 aromatic heterocycles. The number of hydrogen-bond donors (Lipinski definition) is 1. The van der Waals surface area contributed by atoms with Crippen LogP contribution in [0.3, 0.4) is 0 Å². The molecule has 28 heavy (non-hydrogen) atoms. The summed E-state index contributed by atoms with van der Waals surface area (Å²) in [6.07, 6.45) is 1.82. The molecule has 140 valence electrons. The summed E-state index contributed by atoms with van der Waals surface area (Å²) in [6.45, 7) is 2.00. The zero-order chi connectivity index (χ0) is 19.5. The van der Waals surface area contributed by atoms with E-state index in [1.807, 2.05) is 55.5 Å². The van der Waals surface area contributed by atoms with Crippen LogP contribution >= 0.6 is 11.6 Å². The van der Waals surface area contributed by atoms with Crippen LogP contribution in [-0.2, 0) is 11.2 Å². The van der Waals surface area contributed by atoms with Crippen LogP contribution in [0.5, 0.6) is 11.5 Å². The molecule has 0 atom stereocenters. The average Bonchev–Trinajstić information content (AvgIpc) is 3.06. The standard InChI is InChI=1S/C23H18ClNO3/c1-15-7-9-19-16(14-27-22(19)11-15)12-23(26)25-20-13-17(24)8-10-21(20)28-18-5-3-2-4-6-18/h2-11,13-14H,12H2,1H3,(H,25,26). The number of hydrogen-bond acceptors (Lipinski definition) is 3. The smallest absolute Gasteiger partial charge is 0.229 e. The summed E-state index contributed by atoms with van der Waals surface area (Å²) in [5.41, 5.74) is 3.24. The first-order valence-electron chi connectivity index (χ1n) is 8.87. The lowest BCUT2D eigenvalue weighted by Crippen LogP contribution is -2.14. The maximum absolute atomic E-state index is 12.7. The van der Waals surface area contributed by atoms with Crippen molar-refractivity contribution in [3.63, 3.8) is 0 Å². The molecule has 0 fully saturated rings. The molecule has 5 heteroatoms. The van der Waals surface area contributed by atoms with Crippen molar-refractivity contribution in [1.82, 2.24) is 0 Å². The Hall–Kier alpha value is -3.24. The number of carbonyl (C=O) groups is 1. The number of halogens is 1. The third-order valence-electron chi connectivity index (χ3n) is 4.35. The minimum Gasteiger partial charge on any atom is -0.464 e. The number of para-hydroxylation sites is 1. The van der Waals surface area contributed by atoms with E-state index in [1.165, 1.54) is 0 Å². The molecule has 0 saturated heterocycles. The lowest BCUT2D eigenvalue weighted by Gasteiger charge is -2.12. The SMILES string of the molecule is Cc1ccc2c(CC(=O)Nc3cc(Cl)ccc3Oc3ccccc3)coc2c1. The number of amides is 1. The lowest BCUT2D eigenvalue weighted by molar-refractivity contribution is -0.115. The quantitative estimate of drug-likeness (QED) is 0.430. The molecule has 1 amide bonds. The summed E-state index contributed by atoms with van der Waals surface area (Å²) in [6, 6.07) is 20.4. The van der Waals surface area contributed by atoms with Crippen LogP contribution in [0.4, 0.5) is 5.69 Å². The van der Waals surface area contributed by atoms with Crippen molar-refractivity contribution >= 4 is 34.2 Å². The van der Waals surface area contributed by atoms with Crippen LogP contribution < -0.4 is 10.1 Å². The van der Waals surface area contributed by atoms with Crippen molar-refractivity contribution in [2.24, 2.45) is 0 Å². The monoisotopic (exact) mass is 391 g/mol. The lowest BCUT2D eigenvalue weighted by atomic mass is 10.1. The predicted octanol–water partition coefficient (Wildman–Crippen LogP) is 6.37. The Morgan fingerprint density at radius 1 is 1.07 bits per heavy atom. The highest BCUT2D eigenvalue weighted by Gasteiger charge is 2.14. The second-order valence-electron chi connectivity index (χ2n) is 6.54. The molecule has 4 nitrogen and oxygen atoms in total. The van der Waals surface area contributed by atoms with E-state index in [2.05, 4.69) is 5.32 Å². The third-order valence-corrected chi connectivity index (χ3v) is 4.58. The van der Waals surface area contributed by atoms with Crippen molar-refractivity contribution in [2.75, 3.05) is 5.32 Å². The summed E-state index contributed by atoms with van der Waals surface area (Å²) in [5, 5.41) is 4.35. The molecule has 1 heterocycles. The summed E-state index contributed by atoms with van der Waals surface area (Å²) in [4.78, 5) is 12.7. The molecule has 0 radical (unpaired) electrons. The Morgan fingerprint density at radius 2 is 1.89 bits per heavy atom.